The summed E-state index contributed by atoms with van der Waals surface area (Å²) < 4.78 is 5.12. The normalized spacial score (nSPS) is 11.0. The van der Waals surface area contributed by atoms with Gasteiger partial charge in [0.1, 0.15) is 11.5 Å². The lowest BCUT2D eigenvalue weighted by atomic mass is 10.1. The van der Waals surface area contributed by atoms with E-state index in [0.717, 1.165) is 5.39 Å². The van der Waals surface area contributed by atoms with Crippen LogP contribution in [0.25, 0.3) is 16.8 Å². The van der Waals surface area contributed by atoms with Crippen LogP contribution in [0, 0.1) is 0 Å². The summed E-state index contributed by atoms with van der Waals surface area (Å²) in [5, 5.41) is 14.1. The molecule has 4 heteroatoms. The molecule has 3 rings (SSSR count). The van der Waals surface area contributed by atoms with E-state index in [1.807, 2.05) is 6.07 Å². The van der Waals surface area contributed by atoms with Crippen molar-refractivity contribution in [1.82, 2.24) is 0 Å². The number of anilines is 1. The number of furan rings is 1. The van der Waals surface area contributed by atoms with E-state index in [1.54, 1.807) is 54.8 Å². The minimum absolute atomic E-state index is 0.190. The molecule has 1 amide bonds. The molecule has 0 atom stereocenters. The molecule has 104 valence electrons. The Morgan fingerprint density at radius 2 is 1.86 bits per heavy atom. The molecule has 0 aliphatic rings. The number of phenols is 1. The maximum Gasteiger partial charge on any atom is 0.248 e. The quantitative estimate of drug-likeness (QED) is 0.717. The predicted molar refractivity (Wildman–Crippen MR) is 82.0 cm³/mol. The van der Waals surface area contributed by atoms with Crippen LogP contribution in [0.5, 0.6) is 5.75 Å². The molecular weight excluding hydrogens is 266 g/mol. The second-order valence-electron chi connectivity index (χ2n) is 4.52. The fourth-order valence-electron chi connectivity index (χ4n) is 2.12. The Kier molecular flexibility index (Phi) is 3.43. The van der Waals surface area contributed by atoms with E-state index >= 15 is 0 Å². The zero-order valence-corrected chi connectivity index (χ0v) is 11.1. The molecule has 0 aliphatic heterocycles. The molecule has 4 nitrogen and oxygen atoms in total. The molecular formula is C17H13NO3. The number of carbonyl (C=O) groups is 1. The molecule has 0 fully saturated rings. The maximum atomic E-state index is 11.9. The van der Waals surface area contributed by atoms with E-state index < -0.39 is 0 Å². The zero-order chi connectivity index (χ0) is 14.7. The lowest BCUT2D eigenvalue weighted by molar-refractivity contribution is -0.111. The monoisotopic (exact) mass is 279 g/mol. The number of hydrogen-bond donors (Lipinski definition) is 2. The summed E-state index contributed by atoms with van der Waals surface area (Å²) in [6, 6.07) is 14.1. The molecule has 0 radical (unpaired) electrons. The van der Waals surface area contributed by atoms with Gasteiger partial charge in [0.2, 0.25) is 5.91 Å². The van der Waals surface area contributed by atoms with E-state index in [9.17, 15) is 9.90 Å². The van der Waals surface area contributed by atoms with Gasteiger partial charge >= 0.3 is 0 Å². The van der Waals surface area contributed by atoms with Crippen LogP contribution in [-0.4, -0.2) is 11.0 Å². The van der Waals surface area contributed by atoms with E-state index in [2.05, 4.69) is 5.32 Å². The highest BCUT2D eigenvalue weighted by Crippen LogP contribution is 2.29. The number of fused-ring (bicyclic) bond motifs is 1. The summed E-state index contributed by atoms with van der Waals surface area (Å²) in [5.74, 6) is 0.540. The number of phenolic OH excluding ortho intramolecular Hbond substituents is 1. The number of benzene rings is 2. The van der Waals surface area contributed by atoms with Crippen LogP contribution in [0.2, 0.25) is 0 Å². The molecule has 0 bridgehead atoms. The Labute approximate surface area is 121 Å². The highest BCUT2D eigenvalue weighted by Gasteiger charge is 2.05. The zero-order valence-electron chi connectivity index (χ0n) is 11.1. The Hall–Kier alpha value is -3.01. The van der Waals surface area contributed by atoms with Crippen molar-refractivity contribution in [2.45, 2.75) is 0 Å². The summed E-state index contributed by atoms with van der Waals surface area (Å²) in [6.45, 7) is 0. The fourth-order valence-corrected chi connectivity index (χ4v) is 2.12. The Balaban J connectivity index is 1.85. The van der Waals surface area contributed by atoms with Crippen molar-refractivity contribution in [3.05, 3.63) is 66.6 Å². The number of nitrogens with one attached hydrogen (secondary N) is 1. The van der Waals surface area contributed by atoms with Gasteiger partial charge in [0.15, 0.2) is 0 Å². The van der Waals surface area contributed by atoms with Gasteiger partial charge < -0.3 is 14.8 Å². The van der Waals surface area contributed by atoms with Crippen molar-refractivity contribution in [3.8, 4) is 5.75 Å². The van der Waals surface area contributed by atoms with Crippen molar-refractivity contribution in [1.29, 1.82) is 0 Å². The van der Waals surface area contributed by atoms with Gasteiger partial charge in [0.05, 0.1) is 6.26 Å². The molecule has 21 heavy (non-hydrogen) atoms. The molecule has 2 N–H and O–H groups in total. The first kappa shape index (κ1) is 13.0. The van der Waals surface area contributed by atoms with Crippen LogP contribution in [0.15, 0.2) is 65.3 Å². The average molecular weight is 279 g/mol. The lowest BCUT2D eigenvalue weighted by Crippen LogP contribution is -2.07. The van der Waals surface area contributed by atoms with E-state index in [0.29, 0.717) is 16.8 Å². The predicted octanol–water partition coefficient (Wildman–Crippen LogP) is 3.79. The largest absolute Gasteiger partial charge is 0.507 e. The standard InChI is InChI=1S/C17H13NO3/c19-16-8-2-5-13-14(16)6-1-7-15(13)18-17(20)10-9-12-4-3-11-21-12/h1-11,19H,(H,18,20)/b10-9+. The van der Waals surface area contributed by atoms with Crippen LogP contribution >= 0.6 is 0 Å². The smallest absolute Gasteiger partial charge is 0.248 e. The first-order chi connectivity index (χ1) is 10.2. The Bertz CT molecular complexity index is 804. The minimum Gasteiger partial charge on any atom is -0.507 e. The topological polar surface area (TPSA) is 62.5 Å². The molecule has 0 spiro atoms. The fraction of sp³-hybridized carbons (Fsp3) is 0. The number of aromatic hydroxyl groups is 1. The van der Waals surface area contributed by atoms with Gasteiger partial charge in [-0.25, -0.2) is 0 Å². The summed E-state index contributed by atoms with van der Waals surface area (Å²) >= 11 is 0. The Morgan fingerprint density at radius 1 is 1.05 bits per heavy atom. The SMILES string of the molecule is O=C(/C=C/c1ccco1)Nc1cccc2c(O)cccc12. The first-order valence-electron chi connectivity index (χ1n) is 6.47. The first-order valence-corrected chi connectivity index (χ1v) is 6.47. The van der Waals surface area contributed by atoms with Crippen molar-refractivity contribution < 1.29 is 14.3 Å². The number of amides is 1. The lowest BCUT2D eigenvalue weighted by Gasteiger charge is -2.07. The number of carbonyl (C=O) groups excluding carboxylic acids is 1. The third kappa shape index (κ3) is 2.79. The molecule has 0 aliphatic carbocycles. The van der Waals surface area contributed by atoms with E-state index in [-0.39, 0.29) is 11.7 Å². The third-order valence-electron chi connectivity index (χ3n) is 3.10. The molecule has 0 unspecified atom stereocenters. The summed E-state index contributed by atoms with van der Waals surface area (Å²) in [5.41, 5.74) is 0.650. The molecule has 0 saturated carbocycles. The van der Waals surface area contributed by atoms with Crippen molar-refractivity contribution in [2.75, 3.05) is 5.32 Å². The van der Waals surface area contributed by atoms with Gasteiger partial charge in [-0.15, -0.1) is 0 Å². The summed E-state index contributed by atoms with van der Waals surface area (Å²) in [4.78, 5) is 11.9. The molecule has 2 aromatic carbocycles. The van der Waals surface area contributed by atoms with Gasteiger partial charge in [-0.05, 0) is 30.3 Å². The van der Waals surface area contributed by atoms with Gasteiger partial charge in [-0.3, -0.25) is 4.79 Å². The van der Waals surface area contributed by atoms with E-state index in [1.165, 1.54) is 6.08 Å². The van der Waals surface area contributed by atoms with Crippen LogP contribution < -0.4 is 5.32 Å². The minimum atomic E-state index is -0.262. The van der Waals surface area contributed by atoms with Crippen molar-refractivity contribution in [3.63, 3.8) is 0 Å². The van der Waals surface area contributed by atoms with Gasteiger partial charge in [-0.2, -0.15) is 0 Å². The van der Waals surface area contributed by atoms with Crippen molar-refractivity contribution in [2.24, 2.45) is 0 Å². The maximum absolute atomic E-state index is 11.9. The summed E-state index contributed by atoms with van der Waals surface area (Å²) in [6.07, 6.45) is 4.55. The van der Waals surface area contributed by atoms with Crippen LogP contribution in [0.1, 0.15) is 5.76 Å². The summed E-state index contributed by atoms with van der Waals surface area (Å²) in [7, 11) is 0. The second-order valence-corrected chi connectivity index (χ2v) is 4.52. The second kappa shape index (κ2) is 5.54. The van der Waals surface area contributed by atoms with Gasteiger partial charge in [-0.1, -0.05) is 24.3 Å². The Morgan fingerprint density at radius 3 is 2.67 bits per heavy atom. The highest BCUT2D eigenvalue weighted by atomic mass is 16.3. The molecule has 1 heterocycles. The molecule has 3 aromatic rings. The van der Waals surface area contributed by atoms with Gasteiger partial charge in [0, 0.05) is 22.5 Å². The molecule has 1 aromatic heterocycles. The number of rotatable bonds is 3. The number of hydrogen-bond acceptors (Lipinski definition) is 3. The third-order valence-corrected chi connectivity index (χ3v) is 3.10. The highest BCUT2D eigenvalue weighted by molar-refractivity contribution is 6.08. The molecule has 0 saturated heterocycles. The van der Waals surface area contributed by atoms with Gasteiger partial charge in [0.25, 0.3) is 0 Å². The van der Waals surface area contributed by atoms with Crippen molar-refractivity contribution >= 4 is 28.4 Å². The average Bonchev–Trinajstić information content (AvgIpc) is 3.00. The van der Waals surface area contributed by atoms with E-state index in [4.69, 9.17) is 4.42 Å². The van der Waals surface area contributed by atoms with Crippen LogP contribution in [-0.2, 0) is 4.79 Å². The van der Waals surface area contributed by atoms with Crippen LogP contribution in [0.4, 0.5) is 5.69 Å². The van der Waals surface area contributed by atoms with Crippen LogP contribution in [0.3, 0.4) is 0 Å².